The van der Waals surface area contributed by atoms with Crippen molar-refractivity contribution in [1.29, 1.82) is 0 Å². The first-order valence-corrected chi connectivity index (χ1v) is 7.08. The van der Waals surface area contributed by atoms with Crippen LogP contribution >= 0.6 is 0 Å². The lowest BCUT2D eigenvalue weighted by molar-refractivity contribution is 0.312. The minimum absolute atomic E-state index is 0.331. The molecule has 6 nitrogen and oxygen atoms in total. The highest BCUT2D eigenvalue weighted by atomic mass is 16.5. The van der Waals surface area contributed by atoms with Gasteiger partial charge in [0.1, 0.15) is 0 Å². The van der Waals surface area contributed by atoms with E-state index in [0.29, 0.717) is 24.5 Å². The molecule has 1 aromatic carbocycles. The fourth-order valence-corrected chi connectivity index (χ4v) is 2.01. The standard InChI is InChI=1S/C15H21N5O/c1-5-20(12-9-7-8-11(3)10-12)14-17-13(16-4)18-15(19-14)21-6-2/h7-10H,5-6H2,1-4H3,(H,16,17,18,19). The molecule has 1 heterocycles. The van der Waals surface area contributed by atoms with Crippen LogP contribution in [-0.2, 0) is 0 Å². The first kappa shape index (κ1) is 15.0. The van der Waals surface area contributed by atoms with Crippen molar-refractivity contribution >= 4 is 17.6 Å². The molecule has 112 valence electrons. The first-order chi connectivity index (χ1) is 10.2. The molecule has 21 heavy (non-hydrogen) atoms. The van der Waals surface area contributed by atoms with E-state index in [1.54, 1.807) is 7.05 Å². The van der Waals surface area contributed by atoms with E-state index in [0.717, 1.165) is 12.2 Å². The Hall–Kier alpha value is -2.37. The third-order valence-corrected chi connectivity index (χ3v) is 2.97. The van der Waals surface area contributed by atoms with Crippen molar-refractivity contribution in [3.63, 3.8) is 0 Å². The van der Waals surface area contributed by atoms with Gasteiger partial charge in [-0.1, -0.05) is 12.1 Å². The van der Waals surface area contributed by atoms with Gasteiger partial charge in [-0.25, -0.2) is 0 Å². The largest absolute Gasteiger partial charge is 0.464 e. The van der Waals surface area contributed by atoms with Gasteiger partial charge in [0.05, 0.1) is 6.61 Å². The zero-order valence-electron chi connectivity index (χ0n) is 12.9. The van der Waals surface area contributed by atoms with Gasteiger partial charge in [-0.3, -0.25) is 0 Å². The maximum Gasteiger partial charge on any atom is 0.323 e. The van der Waals surface area contributed by atoms with Crippen molar-refractivity contribution in [2.45, 2.75) is 20.8 Å². The summed E-state index contributed by atoms with van der Waals surface area (Å²) in [6.07, 6.45) is 0. The van der Waals surface area contributed by atoms with Gasteiger partial charge in [0.15, 0.2) is 0 Å². The van der Waals surface area contributed by atoms with Gasteiger partial charge < -0.3 is 15.0 Å². The fourth-order valence-electron chi connectivity index (χ4n) is 2.01. The summed E-state index contributed by atoms with van der Waals surface area (Å²) >= 11 is 0. The van der Waals surface area contributed by atoms with E-state index in [4.69, 9.17) is 4.74 Å². The number of rotatable bonds is 6. The number of hydrogen-bond acceptors (Lipinski definition) is 6. The molecule has 0 aliphatic rings. The van der Waals surface area contributed by atoms with E-state index >= 15 is 0 Å². The topological polar surface area (TPSA) is 63.2 Å². The van der Waals surface area contributed by atoms with Crippen LogP contribution in [0.2, 0.25) is 0 Å². The molecule has 0 unspecified atom stereocenters. The number of anilines is 3. The average molecular weight is 287 g/mol. The Morgan fingerprint density at radius 1 is 1.19 bits per heavy atom. The number of nitrogens with one attached hydrogen (secondary N) is 1. The Morgan fingerprint density at radius 2 is 2.00 bits per heavy atom. The number of nitrogens with zero attached hydrogens (tertiary/aromatic N) is 4. The molecule has 0 aliphatic heterocycles. The predicted molar refractivity (Wildman–Crippen MR) is 84.4 cm³/mol. The summed E-state index contributed by atoms with van der Waals surface area (Å²) in [6.45, 7) is 7.30. The second-order valence-electron chi connectivity index (χ2n) is 4.51. The highest BCUT2D eigenvalue weighted by molar-refractivity contribution is 5.59. The summed E-state index contributed by atoms with van der Waals surface area (Å²) in [6, 6.07) is 8.57. The van der Waals surface area contributed by atoms with Crippen LogP contribution in [0.25, 0.3) is 0 Å². The van der Waals surface area contributed by atoms with Gasteiger partial charge in [0, 0.05) is 19.3 Å². The van der Waals surface area contributed by atoms with Crippen molar-refractivity contribution in [2.75, 3.05) is 30.4 Å². The van der Waals surface area contributed by atoms with Crippen LogP contribution in [0.15, 0.2) is 24.3 Å². The SMILES string of the molecule is CCOc1nc(NC)nc(N(CC)c2cccc(C)c2)n1. The van der Waals surface area contributed by atoms with Crippen LogP contribution < -0.4 is 15.0 Å². The van der Waals surface area contributed by atoms with Crippen molar-refractivity contribution < 1.29 is 4.74 Å². The summed E-state index contributed by atoms with van der Waals surface area (Å²) in [4.78, 5) is 15.0. The second-order valence-corrected chi connectivity index (χ2v) is 4.51. The molecule has 0 atom stereocenters. The van der Waals surface area contributed by atoms with Crippen molar-refractivity contribution in [3.8, 4) is 6.01 Å². The third-order valence-electron chi connectivity index (χ3n) is 2.97. The zero-order chi connectivity index (χ0) is 15.2. The molecular formula is C15H21N5O. The first-order valence-electron chi connectivity index (χ1n) is 7.08. The summed E-state index contributed by atoms with van der Waals surface area (Å²) in [7, 11) is 1.78. The van der Waals surface area contributed by atoms with Crippen LogP contribution in [0.4, 0.5) is 17.6 Å². The van der Waals surface area contributed by atoms with E-state index < -0.39 is 0 Å². The van der Waals surface area contributed by atoms with Crippen LogP contribution in [-0.4, -0.2) is 35.2 Å². The molecule has 6 heteroatoms. The predicted octanol–water partition coefficient (Wildman–Crippen LogP) is 2.78. The highest BCUT2D eigenvalue weighted by Gasteiger charge is 2.14. The molecule has 0 bridgehead atoms. The second kappa shape index (κ2) is 6.88. The van der Waals surface area contributed by atoms with E-state index in [-0.39, 0.29) is 0 Å². The van der Waals surface area contributed by atoms with Crippen LogP contribution in [0.5, 0.6) is 6.01 Å². The lowest BCUT2D eigenvalue weighted by atomic mass is 10.2. The average Bonchev–Trinajstić information content (AvgIpc) is 2.48. The molecule has 1 aromatic heterocycles. The summed E-state index contributed by atoms with van der Waals surface area (Å²) in [5.41, 5.74) is 2.24. The van der Waals surface area contributed by atoms with E-state index in [9.17, 15) is 0 Å². The van der Waals surface area contributed by atoms with Crippen LogP contribution in [0.3, 0.4) is 0 Å². The van der Waals surface area contributed by atoms with Crippen LogP contribution in [0.1, 0.15) is 19.4 Å². The molecule has 0 fully saturated rings. The van der Waals surface area contributed by atoms with E-state index in [1.165, 1.54) is 5.56 Å². The number of benzene rings is 1. The monoisotopic (exact) mass is 287 g/mol. The minimum atomic E-state index is 0.331. The van der Waals surface area contributed by atoms with Gasteiger partial charge in [-0.2, -0.15) is 15.0 Å². The lowest BCUT2D eigenvalue weighted by Crippen LogP contribution is -2.20. The molecular weight excluding hydrogens is 266 g/mol. The molecule has 0 saturated carbocycles. The van der Waals surface area contributed by atoms with Gasteiger partial charge in [0.25, 0.3) is 0 Å². The molecule has 2 aromatic rings. The van der Waals surface area contributed by atoms with Gasteiger partial charge in [-0.05, 0) is 38.5 Å². The van der Waals surface area contributed by atoms with Gasteiger partial charge >= 0.3 is 6.01 Å². The number of aromatic nitrogens is 3. The smallest absolute Gasteiger partial charge is 0.323 e. The Labute approximate surface area is 125 Å². The van der Waals surface area contributed by atoms with E-state index in [1.807, 2.05) is 24.0 Å². The molecule has 0 saturated heterocycles. The Balaban J connectivity index is 2.43. The molecule has 0 aliphatic carbocycles. The van der Waals surface area contributed by atoms with E-state index in [2.05, 4.69) is 46.2 Å². The Kier molecular flexibility index (Phi) is 4.92. The molecule has 1 N–H and O–H groups in total. The maximum absolute atomic E-state index is 5.41. The Morgan fingerprint density at radius 3 is 2.62 bits per heavy atom. The molecule has 0 spiro atoms. The third kappa shape index (κ3) is 3.59. The summed E-state index contributed by atoms with van der Waals surface area (Å²) in [5, 5.41) is 2.94. The quantitative estimate of drug-likeness (QED) is 0.881. The zero-order valence-corrected chi connectivity index (χ0v) is 12.9. The number of hydrogen-bond donors (Lipinski definition) is 1. The summed E-state index contributed by atoms with van der Waals surface area (Å²) < 4.78 is 5.41. The summed E-state index contributed by atoms with van der Waals surface area (Å²) in [5.74, 6) is 1.07. The molecule has 2 rings (SSSR count). The fraction of sp³-hybridized carbons (Fsp3) is 0.400. The van der Waals surface area contributed by atoms with Crippen molar-refractivity contribution in [2.24, 2.45) is 0 Å². The lowest BCUT2D eigenvalue weighted by Gasteiger charge is -2.21. The van der Waals surface area contributed by atoms with Gasteiger partial charge in [0.2, 0.25) is 11.9 Å². The Bertz CT molecular complexity index is 602. The number of aryl methyl sites for hydroxylation is 1. The van der Waals surface area contributed by atoms with Crippen molar-refractivity contribution in [3.05, 3.63) is 29.8 Å². The highest BCUT2D eigenvalue weighted by Crippen LogP contribution is 2.24. The van der Waals surface area contributed by atoms with Crippen LogP contribution in [0, 0.1) is 6.92 Å². The molecule has 0 amide bonds. The molecule has 0 radical (unpaired) electrons. The minimum Gasteiger partial charge on any atom is -0.464 e. The normalized spacial score (nSPS) is 10.3. The van der Waals surface area contributed by atoms with Crippen molar-refractivity contribution in [1.82, 2.24) is 15.0 Å². The number of ether oxygens (including phenoxy) is 1. The maximum atomic E-state index is 5.41. The van der Waals surface area contributed by atoms with Gasteiger partial charge in [-0.15, -0.1) is 0 Å².